The number of anilines is 1. The summed E-state index contributed by atoms with van der Waals surface area (Å²) in [5.41, 5.74) is 3.92. The fourth-order valence-electron chi connectivity index (χ4n) is 4.44. The summed E-state index contributed by atoms with van der Waals surface area (Å²) >= 11 is 0. The van der Waals surface area contributed by atoms with Crippen molar-refractivity contribution in [3.63, 3.8) is 0 Å². The maximum atomic E-state index is 13.1. The highest BCUT2D eigenvalue weighted by atomic mass is 16.7. The number of nitriles is 1. The van der Waals surface area contributed by atoms with Gasteiger partial charge in [-0.15, -0.1) is 0 Å². The topological polar surface area (TPSA) is 92.4 Å². The predicted molar refractivity (Wildman–Crippen MR) is 118 cm³/mol. The molecule has 0 bridgehead atoms. The Morgan fingerprint density at radius 1 is 1.25 bits per heavy atom. The number of amides is 1. The molecule has 1 fully saturated rings. The number of hydrogen-bond acceptors (Lipinski definition) is 6. The zero-order chi connectivity index (χ0) is 22.1. The number of fused-ring (bicyclic) bond motifs is 1. The minimum absolute atomic E-state index is 0.0155. The van der Waals surface area contributed by atoms with E-state index in [0.717, 1.165) is 53.4 Å². The van der Waals surface area contributed by atoms with Gasteiger partial charge < -0.3 is 14.8 Å². The number of nitrogens with one attached hydrogen (secondary N) is 1. The van der Waals surface area contributed by atoms with E-state index >= 15 is 0 Å². The second-order valence-corrected chi connectivity index (χ2v) is 7.99. The second-order valence-electron chi connectivity index (χ2n) is 7.99. The van der Waals surface area contributed by atoms with Crippen LogP contribution in [-0.2, 0) is 18.4 Å². The van der Waals surface area contributed by atoms with Gasteiger partial charge in [-0.1, -0.05) is 24.3 Å². The van der Waals surface area contributed by atoms with Crippen LogP contribution in [0.2, 0.25) is 0 Å². The average molecular weight is 429 g/mol. The Labute approximate surface area is 186 Å². The number of carbonyl (C=O) groups is 1. The van der Waals surface area contributed by atoms with Crippen LogP contribution >= 0.6 is 0 Å². The molecule has 1 atom stereocenters. The van der Waals surface area contributed by atoms with Gasteiger partial charge in [0.25, 0.3) is 0 Å². The highest BCUT2D eigenvalue weighted by Crippen LogP contribution is 2.37. The summed E-state index contributed by atoms with van der Waals surface area (Å²) in [4.78, 5) is 15.2. The number of rotatable bonds is 5. The summed E-state index contributed by atoms with van der Waals surface area (Å²) in [6.45, 7) is 1.74. The van der Waals surface area contributed by atoms with Gasteiger partial charge in [-0.3, -0.25) is 14.4 Å². The van der Waals surface area contributed by atoms with E-state index in [0.29, 0.717) is 12.1 Å². The summed E-state index contributed by atoms with van der Waals surface area (Å²) in [6, 6.07) is 15.3. The lowest BCUT2D eigenvalue weighted by Gasteiger charge is -2.24. The molecular weight excluding hydrogens is 406 g/mol. The lowest BCUT2D eigenvalue weighted by molar-refractivity contribution is -0.120. The molecule has 3 heterocycles. The van der Waals surface area contributed by atoms with E-state index in [4.69, 9.17) is 9.47 Å². The van der Waals surface area contributed by atoms with Gasteiger partial charge in [0, 0.05) is 30.4 Å². The van der Waals surface area contributed by atoms with E-state index in [1.54, 1.807) is 17.9 Å². The third-order valence-electron chi connectivity index (χ3n) is 6.00. The zero-order valence-electron chi connectivity index (χ0n) is 17.7. The molecule has 5 rings (SSSR count). The molecule has 2 aromatic carbocycles. The second kappa shape index (κ2) is 8.36. The van der Waals surface area contributed by atoms with Gasteiger partial charge in [0.15, 0.2) is 11.5 Å². The third kappa shape index (κ3) is 3.67. The largest absolute Gasteiger partial charge is 0.454 e. The SMILES string of the molecule is Cn1ncc(C#N)c1-c1ccc(NC(=O)C2CCCN2Cc2cccc3c2OCO3)cc1. The van der Waals surface area contributed by atoms with Gasteiger partial charge >= 0.3 is 0 Å². The molecule has 1 amide bonds. The standard InChI is InChI=1S/C24H23N5O3/c1-28-22(18(12-25)13-26-28)16-7-9-19(10-8-16)27-24(30)20-5-3-11-29(20)14-17-4-2-6-21-23(17)32-15-31-21/h2,4,6-10,13,20H,3,5,11,14-15H2,1H3,(H,27,30). The Balaban J connectivity index is 1.28. The molecule has 0 radical (unpaired) electrons. The van der Waals surface area contributed by atoms with Crippen molar-refractivity contribution in [1.82, 2.24) is 14.7 Å². The van der Waals surface area contributed by atoms with E-state index in [9.17, 15) is 10.1 Å². The van der Waals surface area contributed by atoms with Crippen molar-refractivity contribution >= 4 is 11.6 Å². The summed E-state index contributed by atoms with van der Waals surface area (Å²) in [5.74, 6) is 1.52. The van der Waals surface area contributed by atoms with Crippen LogP contribution in [0.5, 0.6) is 11.5 Å². The van der Waals surface area contributed by atoms with E-state index in [1.165, 1.54) is 0 Å². The number of benzene rings is 2. The van der Waals surface area contributed by atoms with Crippen molar-refractivity contribution < 1.29 is 14.3 Å². The molecule has 8 heteroatoms. The summed E-state index contributed by atoms with van der Waals surface area (Å²) in [7, 11) is 1.81. The number of ether oxygens (including phenoxy) is 2. The van der Waals surface area contributed by atoms with Crippen molar-refractivity contribution in [2.75, 3.05) is 18.7 Å². The van der Waals surface area contributed by atoms with Crippen LogP contribution in [0.3, 0.4) is 0 Å². The lowest BCUT2D eigenvalue weighted by Crippen LogP contribution is -2.39. The summed E-state index contributed by atoms with van der Waals surface area (Å²) in [5, 5.41) is 16.5. The molecule has 32 heavy (non-hydrogen) atoms. The Morgan fingerprint density at radius 3 is 2.91 bits per heavy atom. The van der Waals surface area contributed by atoms with E-state index in [-0.39, 0.29) is 18.7 Å². The highest BCUT2D eigenvalue weighted by Gasteiger charge is 2.32. The van der Waals surface area contributed by atoms with Gasteiger partial charge in [0.2, 0.25) is 12.7 Å². The first kappa shape index (κ1) is 20.1. The molecule has 0 aliphatic carbocycles. The first-order chi connectivity index (χ1) is 15.6. The molecule has 1 unspecified atom stereocenters. The maximum Gasteiger partial charge on any atom is 0.241 e. The van der Waals surface area contributed by atoms with Crippen LogP contribution in [0.4, 0.5) is 5.69 Å². The molecule has 0 saturated carbocycles. The van der Waals surface area contributed by atoms with Crippen LogP contribution in [0.1, 0.15) is 24.0 Å². The number of para-hydroxylation sites is 1. The quantitative estimate of drug-likeness (QED) is 0.669. The fraction of sp³-hybridized carbons (Fsp3) is 0.292. The molecule has 8 nitrogen and oxygen atoms in total. The predicted octanol–water partition coefficient (Wildman–Crippen LogP) is 3.29. The van der Waals surface area contributed by atoms with Crippen LogP contribution in [0.15, 0.2) is 48.7 Å². The zero-order valence-corrected chi connectivity index (χ0v) is 17.7. The molecule has 0 spiro atoms. The number of nitrogens with zero attached hydrogens (tertiary/aromatic N) is 4. The van der Waals surface area contributed by atoms with Gasteiger partial charge in [-0.05, 0) is 37.6 Å². The molecular formula is C24H23N5O3. The van der Waals surface area contributed by atoms with Crippen LogP contribution in [0.25, 0.3) is 11.3 Å². The number of aryl methyl sites for hydroxylation is 1. The summed E-state index contributed by atoms with van der Waals surface area (Å²) in [6.07, 6.45) is 3.34. The molecule has 1 N–H and O–H groups in total. The van der Waals surface area contributed by atoms with E-state index < -0.39 is 0 Å². The number of likely N-dealkylation sites (tertiary alicyclic amines) is 1. The third-order valence-corrected chi connectivity index (χ3v) is 6.00. The van der Waals surface area contributed by atoms with Crippen molar-refractivity contribution in [2.24, 2.45) is 7.05 Å². The first-order valence-electron chi connectivity index (χ1n) is 10.6. The average Bonchev–Trinajstić information content (AvgIpc) is 3.54. The van der Waals surface area contributed by atoms with Crippen molar-refractivity contribution in [3.05, 3.63) is 59.8 Å². The fourth-order valence-corrected chi connectivity index (χ4v) is 4.44. The Hall–Kier alpha value is -3.83. The normalized spacial score (nSPS) is 17.3. The van der Waals surface area contributed by atoms with Crippen LogP contribution in [-0.4, -0.2) is 40.0 Å². The van der Waals surface area contributed by atoms with Gasteiger partial charge in [-0.25, -0.2) is 0 Å². The van der Waals surface area contributed by atoms with Gasteiger partial charge in [0.1, 0.15) is 6.07 Å². The van der Waals surface area contributed by atoms with Crippen molar-refractivity contribution in [1.29, 1.82) is 5.26 Å². The van der Waals surface area contributed by atoms with E-state index in [2.05, 4.69) is 21.4 Å². The highest BCUT2D eigenvalue weighted by molar-refractivity contribution is 5.95. The summed E-state index contributed by atoms with van der Waals surface area (Å²) < 4.78 is 12.8. The number of aromatic nitrogens is 2. The molecule has 1 aromatic heterocycles. The Bertz CT molecular complexity index is 1200. The number of hydrogen-bond donors (Lipinski definition) is 1. The van der Waals surface area contributed by atoms with Gasteiger partial charge in [-0.2, -0.15) is 10.4 Å². The van der Waals surface area contributed by atoms with Crippen molar-refractivity contribution in [2.45, 2.75) is 25.4 Å². The molecule has 1 saturated heterocycles. The molecule has 2 aliphatic heterocycles. The molecule has 3 aromatic rings. The van der Waals surface area contributed by atoms with Crippen LogP contribution in [0, 0.1) is 11.3 Å². The number of carbonyl (C=O) groups excluding carboxylic acids is 1. The maximum absolute atomic E-state index is 13.1. The lowest BCUT2D eigenvalue weighted by atomic mass is 10.1. The first-order valence-corrected chi connectivity index (χ1v) is 10.6. The minimum Gasteiger partial charge on any atom is -0.454 e. The Morgan fingerprint density at radius 2 is 2.09 bits per heavy atom. The Kier molecular flexibility index (Phi) is 5.25. The van der Waals surface area contributed by atoms with E-state index in [1.807, 2.05) is 42.5 Å². The smallest absolute Gasteiger partial charge is 0.241 e. The van der Waals surface area contributed by atoms with Crippen LogP contribution < -0.4 is 14.8 Å². The van der Waals surface area contributed by atoms with Crippen molar-refractivity contribution in [3.8, 4) is 28.8 Å². The molecule has 162 valence electrons. The molecule has 2 aliphatic rings. The minimum atomic E-state index is -0.199. The van der Waals surface area contributed by atoms with Gasteiger partial charge in [0.05, 0.1) is 23.5 Å². The monoisotopic (exact) mass is 429 g/mol.